The maximum Gasteiger partial charge on any atom is 0.343 e. The van der Waals surface area contributed by atoms with Crippen LogP contribution in [0, 0.1) is 0 Å². The number of esters is 1. The lowest BCUT2D eigenvalue weighted by atomic mass is 9.87. The van der Waals surface area contributed by atoms with Crippen LogP contribution in [0.2, 0.25) is 0 Å². The molecule has 2 heterocycles. The van der Waals surface area contributed by atoms with Crippen LogP contribution in [-0.2, 0) is 10.2 Å². The molecule has 0 saturated heterocycles. The summed E-state index contributed by atoms with van der Waals surface area (Å²) >= 11 is 1.29. The van der Waals surface area contributed by atoms with Crippen LogP contribution in [0.15, 0.2) is 130 Å². The van der Waals surface area contributed by atoms with E-state index in [-0.39, 0.29) is 11.0 Å². The fourth-order valence-corrected chi connectivity index (χ4v) is 6.45. The number of carbonyl (C=O) groups is 1. The molecule has 6 rings (SSSR count). The Morgan fingerprint density at radius 2 is 1.47 bits per heavy atom. The van der Waals surface area contributed by atoms with Crippen molar-refractivity contribution in [2.45, 2.75) is 39.2 Å². The number of carbonyl (C=O) groups excluding carboxylic acids is 1. The standard InChI is InChI=1S/C39H36N2O5S/c1-26-34(37(43)46-31-15-9-6-10-16-31)35(28-13-7-5-8-14-28)41-36(42)33(47-38(41)40-26)25-27-12-11-17-32(24-27)45-23-22-44-30-20-18-29(19-21-30)39(2,3)4/h5-21,24-25,35H,22-23H2,1-4H3/b33-25-/t35-/m0/s1. The molecule has 0 fully saturated rings. The number of aromatic nitrogens is 1. The van der Waals surface area contributed by atoms with Gasteiger partial charge >= 0.3 is 5.97 Å². The van der Waals surface area contributed by atoms with Crippen LogP contribution in [0.1, 0.15) is 50.4 Å². The minimum Gasteiger partial charge on any atom is -0.490 e. The number of ether oxygens (including phenoxy) is 3. The van der Waals surface area contributed by atoms with Gasteiger partial charge in [-0.15, -0.1) is 0 Å². The van der Waals surface area contributed by atoms with E-state index in [4.69, 9.17) is 19.2 Å². The van der Waals surface area contributed by atoms with Crippen molar-refractivity contribution in [3.05, 3.63) is 157 Å². The smallest absolute Gasteiger partial charge is 0.343 e. The third-order valence-corrected chi connectivity index (χ3v) is 8.79. The third-order valence-electron chi connectivity index (χ3n) is 7.81. The molecule has 5 aromatic rings. The largest absolute Gasteiger partial charge is 0.490 e. The number of hydrogen-bond donors (Lipinski definition) is 0. The molecule has 1 aliphatic rings. The molecule has 0 saturated carbocycles. The summed E-state index contributed by atoms with van der Waals surface area (Å²) in [5.74, 6) is 1.34. The van der Waals surface area contributed by atoms with Crippen LogP contribution in [0.5, 0.6) is 17.2 Å². The quantitative estimate of drug-likeness (QED) is 0.103. The van der Waals surface area contributed by atoms with Gasteiger partial charge in [-0.05, 0) is 71.5 Å². The second kappa shape index (κ2) is 13.6. The van der Waals surface area contributed by atoms with Gasteiger partial charge in [-0.1, -0.05) is 105 Å². The molecule has 0 radical (unpaired) electrons. The predicted octanol–water partition coefficient (Wildman–Crippen LogP) is 6.60. The third kappa shape index (κ3) is 7.28. The Kier molecular flexibility index (Phi) is 9.22. The van der Waals surface area contributed by atoms with Gasteiger partial charge in [0.2, 0.25) is 0 Å². The van der Waals surface area contributed by atoms with Crippen LogP contribution in [0.25, 0.3) is 6.08 Å². The topological polar surface area (TPSA) is 79.1 Å². The zero-order valence-electron chi connectivity index (χ0n) is 26.8. The van der Waals surface area contributed by atoms with E-state index in [1.54, 1.807) is 35.8 Å². The highest BCUT2D eigenvalue weighted by atomic mass is 32.1. The summed E-state index contributed by atoms with van der Waals surface area (Å²) in [6.45, 7) is 9.09. The van der Waals surface area contributed by atoms with Gasteiger partial charge in [0.05, 0.1) is 21.8 Å². The fourth-order valence-electron chi connectivity index (χ4n) is 5.40. The number of benzene rings is 4. The fraction of sp³-hybridized carbons (Fsp3) is 0.205. The Bertz CT molecular complexity index is 2090. The summed E-state index contributed by atoms with van der Waals surface area (Å²) in [7, 11) is 0. The Morgan fingerprint density at radius 1 is 0.830 bits per heavy atom. The molecular formula is C39H36N2O5S. The number of fused-ring (bicyclic) bond motifs is 1. The first-order chi connectivity index (χ1) is 22.7. The number of thiazole rings is 1. The highest BCUT2D eigenvalue weighted by molar-refractivity contribution is 7.07. The SMILES string of the molecule is CC1=C(C(=O)Oc2ccccc2)[C@H](c2ccccc2)n2c(s/c(=C\c3cccc(OCCOc4ccc(C(C)(C)C)cc4)c3)c2=O)=N1. The van der Waals surface area contributed by atoms with Crippen molar-refractivity contribution in [2.75, 3.05) is 13.2 Å². The maximum absolute atomic E-state index is 14.0. The predicted molar refractivity (Wildman–Crippen MR) is 185 cm³/mol. The number of para-hydroxylation sites is 1. The lowest BCUT2D eigenvalue weighted by molar-refractivity contribution is -0.130. The molecule has 1 atom stereocenters. The van der Waals surface area contributed by atoms with E-state index in [1.165, 1.54) is 16.9 Å². The van der Waals surface area contributed by atoms with Crippen LogP contribution >= 0.6 is 11.3 Å². The molecule has 0 unspecified atom stereocenters. The number of rotatable bonds is 9. The van der Waals surface area contributed by atoms with Crippen molar-refractivity contribution < 1.29 is 19.0 Å². The maximum atomic E-state index is 14.0. The molecule has 238 valence electrons. The molecule has 0 aliphatic carbocycles. The van der Waals surface area contributed by atoms with Crippen molar-refractivity contribution in [3.8, 4) is 17.2 Å². The molecule has 0 amide bonds. The molecule has 1 aromatic heterocycles. The van der Waals surface area contributed by atoms with Crippen molar-refractivity contribution in [1.29, 1.82) is 0 Å². The van der Waals surface area contributed by atoms with Gasteiger partial charge in [0.25, 0.3) is 5.56 Å². The van der Waals surface area contributed by atoms with Gasteiger partial charge in [-0.25, -0.2) is 9.79 Å². The summed E-state index contributed by atoms with van der Waals surface area (Å²) < 4.78 is 19.7. The van der Waals surface area contributed by atoms with Gasteiger partial charge < -0.3 is 14.2 Å². The van der Waals surface area contributed by atoms with Crippen LogP contribution < -0.4 is 29.1 Å². The Morgan fingerprint density at radius 3 is 2.15 bits per heavy atom. The first-order valence-electron chi connectivity index (χ1n) is 15.5. The lowest BCUT2D eigenvalue weighted by Gasteiger charge is -2.24. The van der Waals surface area contributed by atoms with E-state index in [0.717, 1.165) is 16.9 Å². The number of hydrogen-bond acceptors (Lipinski definition) is 7. The van der Waals surface area contributed by atoms with Gasteiger partial charge in [-0.2, -0.15) is 0 Å². The lowest BCUT2D eigenvalue weighted by Crippen LogP contribution is -2.40. The first kappa shape index (κ1) is 31.8. The van der Waals surface area contributed by atoms with E-state index in [9.17, 15) is 9.59 Å². The Labute approximate surface area is 277 Å². The molecule has 0 bridgehead atoms. The molecule has 8 heteroatoms. The molecule has 47 heavy (non-hydrogen) atoms. The summed E-state index contributed by atoms with van der Waals surface area (Å²) in [4.78, 5) is 32.8. The average Bonchev–Trinajstić information content (AvgIpc) is 3.36. The molecule has 0 N–H and O–H groups in total. The van der Waals surface area contributed by atoms with E-state index in [1.807, 2.05) is 78.9 Å². The minimum absolute atomic E-state index is 0.0886. The van der Waals surface area contributed by atoms with Crippen molar-refractivity contribution >= 4 is 23.4 Å². The van der Waals surface area contributed by atoms with Crippen LogP contribution in [-0.4, -0.2) is 23.8 Å². The molecule has 0 spiro atoms. The zero-order chi connectivity index (χ0) is 33.0. The second-order valence-corrected chi connectivity index (χ2v) is 13.2. The van der Waals surface area contributed by atoms with Gasteiger partial charge in [0.15, 0.2) is 4.80 Å². The highest BCUT2D eigenvalue weighted by Crippen LogP contribution is 2.31. The summed E-state index contributed by atoms with van der Waals surface area (Å²) in [6.07, 6.45) is 1.83. The Balaban J connectivity index is 1.23. The minimum atomic E-state index is -0.690. The van der Waals surface area contributed by atoms with E-state index in [2.05, 4.69) is 32.9 Å². The summed E-state index contributed by atoms with van der Waals surface area (Å²) in [5.41, 5.74) is 3.53. The van der Waals surface area contributed by atoms with Crippen molar-refractivity contribution in [2.24, 2.45) is 4.99 Å². The highest BCUT2D eigenvalue weighted by Gasteiger charge is 2.33. The summed E-state index contributed by atoms with van der Waals surface area (Å²) in [5, 5.41) is 0. The zero-order valence-corrected chi connectivity index (χ0v) is 27.6. The Hall–Kier alpha value is -5.21. The van der Waals surface area contributed by atoms with E-state index >= 15 is 0 Å². The van der Waals surface area contributed by atoms with Crippen LogP contribution in [0.3, 0.4) is 0 Å². The van der Waals surface area contributed by atoms with Gasteiger partial charge in [0.1, 0.15) is 30.5 Å². The van der Waals surface area contributed by atoms with E-state index < -0.39 is 12.0 Å². The number of nitrogens with zero attached hydrogens (tertiary/aromatic N) is 2. The van der Waals surface area contributed by atoms with E-state index in [0.29, 0.717) is 45.3 Å². The van der Waals surface area contributed by atoms with Crippen molar-refractivity contribution in [3.63, 3.8) is 0 Å². The van der Waals surface area contributed by atoms with Crippen LogP contribution in [0.4, 0.5) is 0 Å². The monoisotopic (exact) mass is 644 g/mol. The molecule has 7 nitrogen and oxygen atoms in total. The normalized spacial score (nSPS) is 14.7. The van der Waals surface area contributed by atoms with Gasteiger partial charge in [0, 0.05) is 0 Å². The molecular weight excluding hydrogens is 609 g/mol. The van der Waals surface area contributed by atoms with Crippen molar-refractivity contribution in [1.82, 2.24) is 4.57 Å². The van der Waals surface area contributed by atoms with Gasteiger partial charge in [-0.3, -0.25) is 9.36 Å². The summed E-state index contributed by atoms with van der Waals surface area (Å²) in [6, 6.07) is 33.4. The number of allylic oxidation sites excluding steroid dienone is 1. The second-order valence-electron chi connectivity index (χ2n) is 12.2. The first-order valence-corrected chi connectivity index (χ1v) is 16.3. The average molecular weight is 645 g/mol. The molecule has 4 aromatic carbocycles. The molecule has 1 aliphatic heterocycles.